The zero-order chi connectivity index (χ0) is 13.4. The maximum atomic E-state index is 5.84. The topological polar surface area (TPSA) is 82.5 Å². The van der Waals surface area contributed by atoms with Crippen LogP contribution in [-0.4, -0.2) is 24.7 Å². The molecular formula is C12H12N6S. The predicted molar refractivity (Wildman–Crippen MR) is 74.1 cm³/mol. The summed E-state index contributed by atoms with van der Waals surface area (Å²) in [5.74, 6) is 0.874. The first-order valence-corrected chi connectivity index (χ1v) is 6.59. The van der Waals surface area contributed by atoms with Gasteiger partial charge in [-0.3, -0.25) is 0 Å². The fraction of sp³-hybridized carbons (Fsp3) is 0.167. The van der Waals surface area contributed by atoms with E-state index in [9.17, 15) is 0 Å². The van der Waals surface area contributed by atoms with Crippen LogP contribution >= 0.6 is 11.3 Å². The van der Waals surface area contributed by atoms with Crippen molar-refractivity contribution in [1.29, 1.82) is 0 Å². The third-order valence-corrected chi connectivity index (χ3v) is 3.38. The zero-order valence-electron chi connectivity index (χ0n) is 10.5. The molecule has 19 heavy (non-hydrogen) atoms. The van der Waals surface area contributed by atoms with E-state index in [-0.39, 0.29) is 0 Å². The fourth-order valence-corrected chi connectivity index (χ4v) is 2.44. The number of thiazole rings is 1. The summed E-state index contributed by atoms with van der Waals surface area (Å²) in [7, 11) is 0. The Hall–Kier alpha value is -2.28. The normalized spacial score (nSPS) is 10.8. The van der Waals surface area contributed by atoms with Gasteiger partial charge < -0.3 is 5.73 Å². The number of anilines is 1. The standard InChI is InChI=1S/C12H12N6S/c1-7-5-8(2)18(17-7)12-15-9(6-10(13)16-12)11-14-3-4-19-11/h3-6H,1-2H3,(H2,13,15,16). The van der Waals surface area contributed by atoms with Crippen LogP contribution in [0, 0.1) is 13.8 Å². The Labute approximate surface area is 114 Å². The summed E-state index contributed by atoms with van der Waals surface area (Å²) in [5, 5.41) is 7.08. The van der Waals surface area contributed by atoms with E-state index in [2.05, 4.69) is 20.1 Å². The van der Waals surface area contributed by atoms with E-state index in [1.807, 2.05) is 25.3 Å². The van der Waals surface area contributed by atoms with Gasteiger partial charge in [0.15, 0.2) is 0 Å². The van der Waals surface area contributed by atoms with Crippen molar-refractivity contribution in [2.24, 2.45) is 0 Å². The first kappa shape index (κ1) is 11.8. The van der Waals surface area contributed by atoms with Gasteiger partial charge in [0.2, 0.25) is 0 Å². The minimum Gasteiger partial charge on any atom is -0.384 e. The lowest BCUT2D eigenvalue weighted by Gasteiger charge is -2.05. The predicted octanol–water partition coefficient (Wildman–Crippen LogP) is 1.98. The Morgan fingerprint density at radius 2 is 2.05 bits per heavy atom. The maximum absolute atomic E-state index is 5.84. The quantitative estimate of drug-likeness (QED) is 0.771. The highest BCUT2D eigenvalue weighted by atomic mass is 32.1. The van der Waals surface area contributed by atoms with Crippen LogP contribution in [0.1, 0.15) is 11.4 Å². The molecular weight excluding hydrogens is 260 g/mol. The molecule has 3 aromatic heterocycles. The van der Waals surface area contributed by atoms with Crippen molar-refractivity contribution in [3.05, 3.63) is 35.1 Å². The molecule has 0 aromatic carbocycles. The highest BCUT2D eigenvalue weighted by Gasteiger charge is 2.11. The van der Waals surface area contributed by atoms with Crippen molar-refractivity contribution < 1.29 is 0 Å². The molecule has 3 heterocycles. The minimum atomic E-state index is 0.405. The van der Waals surface area contributed by atoms with Crippen LogP contribution in [0.3, 0.4) is 0 Å². The number of nitrogens with two attached hydrogens (primary N) is 1. The first-order chi connectivity index (χ1) is 9.13. The van der Waals surface area contributed by atoms with E-state index in [4.69, 9.17) is 5.73 Å². The Morgan fingerprint density at radius 1 is 1.21 bits per heavy atom. The molecule has 0 radical (unpaired) electrons. The van der Waals surface area contributed by atoms with E-state index >= 15 is 0 Å². The molecule has 0 saturated carbocycles. The van der Waals surface area contributed by atoms with Gasteiger partial charge in [-0.2, -0.15) is 10.1 Å². The number of nitrogen functional groups attached to an aromatic ring is 1. The zero-order valence-corrected chi connectivity index (χ0v) is 11.3. The highest BCUT2D eigenvalue weighted by Crippen LogP contribution is 2.22. The average molecular weight is 272 g/mol. The largest absolute Gasteiger partial charge is 0.384 e. The Bertz CT molecular complexity index is 716. The van der Waals surface area contributed by atoms with E-state index in [0.29, 0.717) is 17.5 Å². The van der Waals surface area contributed by atoms with Gasteiger partial charge in [0.1, 0.15) is 16.5 Å². The summed E-state index contributed by atoms with van der Waals surface area (Å²) in [6.07, 6.45) is 1.74. The number of nitrogens with zero attached hydrogens (tertiary/aromatic N) is 5. The number of aromatic nitrogens is 5. The highest BCUT2D eigenvalue weighted by molar-refractivity contribution is 7.13. The lowest BCUT2D eigenvalue weighted by molar-refractivity contribution is 0.777. The molecule has 96 valence electrons. The summed E-state index contributed by atoms with van der Waals surface area (Å²) in [6, 6.07) is 3.68. The SMILES string of the molecule is Cc1cc(C)n(-c2nc(N)cc(-c3nccs3)n2)n1. The van der Waals surface area contributed by atoms with Crippen LogP contribution < -0.4 is 5.73 Å². The lowest BCUT2D eigenvalue weighted by Crippen LogP contribution is -2.07. The molecule has 0 fully saturated rings. The molecule has 3 rings (SSSR count). The van der Waals surface area contributed by atoms with Crippen molar-refractivity contribution in [2.45, 2.75) is 13.8 Å². The Balaban J connectivity index is 2.15. The molecule has 3 aromatic rings. The Morgan fingerprint density at radius 3 is 2.68 bits per heavy atom. The van der Waals surface area contributed by atoms with Crippen molar-refractivity contribution in [1.82, 2.24) is 24.7 Å². The minimum absolute atomic E-state index is 0.405. The fourth-order valence-electron chi connectivity index (χ4n) is 1.84. The van der Waals surface area contributed by atoms with Gasteiger partial charge >= 0.3 is 0 Å². The van der Waals surface area contributed by atoms with Crippen molar-refractivity contribution >= 4 is 17.2 Å². The monoisotopic (exact) mass is 272 g/mol. The van der Waals surface area contributed by atoms with E-state index in [1.54, 1.807) is 16.9 Å². The molecule has 2 N–H and O–H groups in total. The summed E-state index contributed by atoms with van der Waals surface area (Å²) in [5.41, 5.74) is 8.44. The number of hydrogen-bond donors (Lipinski definition) is 1. The second-order valence-electron chi connectivity index (χ2n) is 4.15. The Kier molecular flexibility index (Phi) is 2.75. The number of aryl methyl sites for hydroxylation is 2. The second kappa shape index (κ2) is 4.43. The van der Waals surface area contributed by atoms with Gasteiger partial charge in [-0.15, -0.1) is 11.3 Å². The van der Waals surface area contributed by atoms with Crippen LogP contribution in [0.25, 0.3) is 16.6 Å². The van der Waals surface area contributed by atoms with Crippen LogP contribution in [0.4, 0.5) is 5.82 Å². The van der Waals surface area contributed by atoms with Crippen LogP contribution in [0.2, 0.25) is 0 Å². The molecule has 0 aliphatic carbocycles. The van der Waals surface area contributed by atoms with Gasteiger partial charge in [-0.05, 0) is 19.9 Å². The molecule has 6 nitrogen and oxygen atoms in total. The molecule has 0 aliphatic rings. The molecule has 0 aliphatic heterocycles. The average Bonchev–Trinajstić information content (AvgIpc) is 2.98. The summed E-state index contributed by atoms with van der Waals surface area (Å²) >= 11 is 1.51. The van der Waals surface area contributed by atoms with Crippen molar-refractivity contribution in [2.75, 3.05) is 5.73 Å². The molecule has 0 atom stereocenters. The summed E-state index contributed by atoms with van der Waals surface area (Å²) in [4.78, 5) is 12.9. The van der Waals surface area contributed by atoms with Crippen molar-refractivity contribution in [3.8, 4) is 16.6 Å². The third kappa shape index (κ3) is 2.19. The van der Waals surface area contributed by atoms with Crippen LogP contribution in [0.5, 0.6) is 0 Å². The van der Waals surface area contributed by atoms with Gasteiger partial charge in [0.05, 0.1) is 5.69 Å². The van der Waals surface area contributed by atoms with Gasteiger partial charge in [0, 0.05) is 23.3 Å². The molecule has 0 spiro atoms. The number of rotatable bonds is 2. The molecule has 0 unspecified atom stereocenters. The van der Waals surface area contributed by atoms with Gasteiger partial charge in [-0.1, -0.05) is 0 Å². The first-order valence-electron chi connectivity index (χ1n) is 5.71. The van der Waals surface area contributed by atoms with Crippen molar-refractivity contribution in [3.63, 3.8) is 0 Å². The van der Waals surface area contributed by atoms with Gasteiger partial charge in [0.25, 0.3) is 5.95 Å². The van der Waals surface area contributed by atoms with Crippen LogP contribution in [-0.2, 0) is 0 Å². The van der Waals surface area contributed by atoms with Crippen LogP contribution in [0.15, 0.2) is 23.7 Å². The molecule has 7 heteroatoms. The second-order valence-corrected chi connectivity index (χ2v) is 5.05. The third-order valence-electron chi connectivity index (χ3n) is 2.58. The summed E-state index contributed by atoms with van der Waals surface area (Å²) in [6.45, 7) is 3.88. The lowest BCUT2D eigenvalue weighted by atomic mass is 10.4. The molecule has 0 bridgehead atoms. The summed E-state index contributed by atoms with van der Waals surface area (Å²) < 4.78 is 1.68. The molecule has 0 amide bonds. The smallest absolute Gasteiger partial charge is 0.253 e. The van der Waals surface area contributed by atoms with E-state index in [1.165, 1.54) is 11.3 Å². The van der Waals surface area contributed by atoms with E-state index < -0.39 is 0 Å². The number of hydrogen-bond acceptors (Lipinski definition) is 6. The maximum Gasteiger partial charge on any atom is 0.253 e. The van der Waals surface area contributed by atoms with Gasteiger partial charge in [-0.25, -0.2) is 14.6 Å². The molecule has 0 saturated heterocycles. The van der Waals surface area contributed by atoms with E-state index in [0.717, 1.165) is 16.4 Å².